The van der Waals surface area contributed by atoms with Gasteiger partial charge in [0.05, 0.1) is 22.7 Å². The Hall–Kier alpha value is -2.98. The van der Waals surface area contributed by atoms with Gasteiger partial charge in [0.25, 0.3) is 10.0 Å². The summed E-state index contributed by atoms with van der Waals surface area (Å²) in [4.78, 5) is 28.7. The minimum Gasteiger partial charge on any atom is -0.495 e. The number of hydrogen-bond acceptors (Lipinski definition) is 5. The van der Waals surface area contributed by atoms with E-state index in [1.165, 1.54) is 42.3 Å². The SMILES string of the molecule is CC[C@@H](C(=O)NC(C)C)N(Cc1c(Cl)cccc1Cl)C(=O)CN(c1ccc(OC)c(Cl)c1)S(=O)(=O)c1ccccc1. The average molecular weight is 641 g/mol. The normalized spacial score (nSPS) is 12.1. The molecule has 1 N–H and O–H groups in total. The molecule has 0 unspecified atom stereocenters. The van der Waals surface area contributed by atoms with Crippen LogP contribution in [-0.4, -0.2) is 50.9 Å². The molecule has 0 aliphatic rings. The minimum absolute atomic E-state index is 0.0231. The minimum atomic E-state index is -4.25. The molecule has 12 heteroatoms. The first kappa shape index (κ1) is 32.5. The molecule has 0 heterocycles. The van der Waals surface area contributed by atoms with Gasteiger partial charge in [-0.3, -0.25) is 13.9 Å². The third kappa shape index (κ3) is 7.86. The Balaban J connectivity index is 2.13. The molecule has 0 aliphatic heterocycles. The molecule has 3 aromatic carbocycles. The van der Waals surface area contributed by atoms with Crippen molar-refractivity contribution in [1.82, 2.24) is 10.2 Å². The summed E-state index contributed by atoms with van der Waals surface area (Å²) in [7, 11) is -2.81. The van der Waals surface area contributed by atoms with Gasteiger partial charge in [-0.15, -0.1) is 0 Å². The second-order valence-corrected chi connectivity index (χ2v) is 12.5. The van der Waals surface area contributed by atoms with E-state index < -0.39 is 28.5 Å². The molecule has 0 fully saturated rings. The van der Waals surface area contributed by atoms with Gasteiger partial charge < -0.3 is 15.0 Å². The fraction of sp³-hybridized carbons (Fsp3) is 0.310. The largest absolute Gasteiger partial charge is 0.495 e. The quantitative estimate of drug-likeness (QED) is 0.255. The number of hydrogen-bond donors (Lipinski definition) is 1. The molecule has 2 amide bonds. The number of carbonyl (C=O) groups excluding carboxylic acids is 2. The molecule has 0 saturated heterocycles. The first-order chi connectivity index (χ1) is 19.4. The topological polar surface area (TPSA) is 96.0 Å². The molecule has 8 nitrogen and oxygen atoms in total. The van der Waals surface area contributed by atoms with Crippen molar-refractivity contribution in [1.29, 1.82) is 0 Å². The van der Waals surface area contributed by atoms with Crippen molar-refractivity contribution >= 4 is 62.3 Å². The Bertz CT molecular complexity index is 1470. The molecule has 3 aromatic rings. The first-order valence-corrected chi connectivity index (χ1v) is 15.4. The molecule has 0 spiro atoms. The predicted molar refractivity (Wildman–Crippen MR) is 163 cm³/mol. The Kier molecular flexibility index (Phi) is 11.3. The first-order valence-electron chi connectivity index (χ1n) is 12.8. The van der Waals surface area contributed by atoms with Gasteiger partial charge in [-0.25, -0.2) is 8.42 Å². The summed E-state index contributed by atoms with van der Waals surface area (Å²) in [6.45, 7) is 4.63. The van der Waals surface area contributed by atoms with E-state index in [1.54, 1.807) is 43.3 Å². The van der Waals surface area contributed by atoms with E-state index in [1.807, 2.05) is 13.8 Å². The van der Waals surface area contributed by atoms with Crippen molar-refractivity contribution in [2.75, 3.05) is 18.0 Å². The second kappa shape index (κ2) is 14.3. The molecule has 1 atom stereocenters. The number of halogens is 3. The summed E-state index contributed by atoms with van der Waals surface area (Å²) in [5.74, 6) is -0.688. The summed E-state index contributed by atoms with van der Waals surface area (Å²) in [5, 5.41) is 3.62. The third-order valence-corrected chi connectivity index (χ3v) is 9.03. The summed E-state index contributed by atoms with van der Waals surface area (Å²) in [6, 6.07) is 16.0. The Labute approximate surface area is 256 Å². The van der Waals surface area contributed by atoms with Crippen LogP contribution >= 0.6 is 34.8 Å². The summed E-state index contributed by atoms with van der Waals surface area (Å²) in [5.41, 5.74) is 0.577. The molecule has 0 aliphatic carbocycles. The van der Waals surface area contributed by atoms with Crippen LogP contribution in [0.1, 0.15) is 32.8 Å². The maximum absolute atomic E-state index is 14.1. The number of ether oxygens (including phenoxy) is 1. The molecule has 220 valence electrons. The van der Waals surface area contributed by atoms with Gasteiger partial charge in [0.15, 0.2) is 0 Å². The number of benzene rings is 3. The van der Waals surface area contributed by atoms with Crippen molar-refractivity contribution in [3.63, 3.8) is 0 Å². The second-order valence-electron chi connectivity index (χ2n) is 9.45. The van der Waals surface area contributed by atoms with Gasteiger partial charge in [-0.1, -0.05) is 66.0 Å². The number of rotatable bonds is 12. The molecule has 0 radical (unpaired) electrons. The lowest BCUT2D eigenvalue weighted by Gasteiger charge is -2.34. The molecular formula is C29H32Cl3N3O5S. The van der Waals surface area contributed by atoms with Crippen LogP contribution < -0.4 is 14.4 Å². The lowest BCUT2D eigenvalue weighted by molar-refractivity contribution is -0.140. The van der Waals surface area contributed by atoms with Gasteiger partial charge in [-0.05, 0) is 62.7 Å². The smallest absolute Gasteiger partial charge is 0.264 e. The van der Waals surface area contributed by atoms with E-state index >= 15 is 0 Å². The van der Waals surface area contributed by atoms with Crippen molar-refractivity contribution in [3.8, 4) is 5.75 Å². The summed E-state index contributed by atoms with van der Waals surface area (Å²) in [6.07, 6.45) is 0.256. The third-order valence-electron chi connectivity index (χ3n) is 6.24. The monoisotopic (exact) mass is 639 g/mol. The van der Waals surface area contributed by atoms with E-state index in [0.717, 1.165) is 4.31 Å². The van der Waals surface area contributed by atoms with Crippen LogP contribution in [0.15, 0.2) is 71.6 Å². The van der Waals surface area contributed by atoms with E-state index in [0.29, 0.717) is 21.4 Å². The molecule has 0 aromatic heterocycles. The summed E-state index contributed by atoms with van der Waals surface area (Å²) >= 11 is 19.2. The number of anilines is 1. The maximum Gasteiger partial charge on any atom is 0.264 e. The molecule has 0 bridgehead atoms. The zero-order valence-electron chi connectivity index (χ0n) is 23.1. The fourth-order valence-corrected chi connectivity index (χ4v) is 6.41. The number of nitrogens with one attached hydrogen (secondary N) is 1. The standard InChI is InChI=1S/C29H32Cl3N3O5S/c1-5-26(29(37)33-19(2)3)34(17-22-23(30)12-9-13-24(22)31)28(36)18-35(20-14-15-27(40-4)25(32)16-20)41(38,39)21-10-7-6-8-11-21/h6-16,19,26H,5,17-18H2,1-4H3,(H,33,37)/t26-/m0/s1. The average Bonchev–Trinajstić information content (AvgIpc) is 2.93. The fourth-order valence-electron chi connectivity index (χ4n) is 4.21. The maximum atomic E-state index is 14.1. The Morgan fingerprint density at radius 1 is 0.927 bits per heavy atom. The zero-order chi connectivity index (χ0) is 30.3. The highest BCUT2D eigenvalue weighted by Crippen LogP contribution is 2.33. The van der Waals surface area contributed by atoms with Gasteiger partial charge in [0, 0.05) is 28.2 Å². The number of methoxy groups -OCH3 is 1. The van der Waals surface area contributed by atoms with Crippen LogP contribution in [0.25, 0.3) is 0 Å². The number of nitrogens with zero attached hydrogens (tertiary/aromatic N) is 2. The van der Waals surface area contributed by atoms with Crippen molar-refractivity contribution in [2.24, 2.45) is 0 Å². The van der Waals surface area contributed by atoms with Crippen molar-refractivity contribution in [3.05, 3.63) is 87.4 Å². The lowest BCUT2D eigenvalue weighted by atomic mass is 10.1. The van der Waals surface area contributed by atoms with E-state index in [4.69, 9.17) is 39.5 Å². The van der Waals surface area contributed by atoms with Gasteiger partial charge >= 0.3 is 0 Å². The van der Waals surface area contributed by atoms with E-state index in [9.17, 15) is 18.0 Å². The number of sulfonamides is 1. The van der Waals surface area contributed by atoms with Crippen LogP contribution in [0.2, 0.25) is 15.1 Å². The summed E-state index contributed by atoms with van der Waals surface area (Å²) < 4.78 is 34.0. The van der Waals surface area contributed by atoms with Crippen LogP contribution in [0.4, 0.5) is 5.69 Å². The van der Waals surface area contributed by atoms with Gasteiger partial charge in [-0.2, -0.15) is 0 Å². The van der Waals surface area contributed by atoms with Crippen LogP contribution in [0.5, 0.6) is 5.75 Å². The molecule has 0 saturated carbocycles. The van der Waals surface area contributed by atoms with Crippen LogP contribution in [0, 0.1) is 0 Å². The predicted octanol–water partition coefficient (Wildman–Crippen LogP) is 6.18. The highest BCUT2D eigenvalue weighted by Gasteiger charge is 2.34. The van der Waals surface area contributed by atoms with E-state index in [2.05, 4.69) is 5.32 Å². The van der Waals surface area contributed by atoms with Crippen LogP contribution in [0.3, 0.4) is 0 Å². The van der Waals surface area contributed by atoms with Gasteiger partial charge in [0.2, 0.25) is 11.8 Å². The number of amides is 2. The van der Waals surface area contributed by atoms with Crippen molar-refractivity contribution < 1.29 is 22.7 Å². The van der Waals surface area contributed by atoms with Gasteiger partial charge in [0.1, 0.15) is 18.3 Å². The number of carbonyl (C=O) groups is 2. The van der Waals surface area contributed by atoms with E-state index in [-0.39, 0.29) is 40.5 Å². The lowest BCUT2D eigenvalue weighted by Crippen LogP contribution is -2.53. The molecular weight excluding hydrogens is 609 g/mol. The highest BCUT2D eigenvalue weighted by atomic mass is 35.5. The Morgan fingerprint density at radius 3 is 2.10 bits per heavy atom. The zero-order valence-corrected chi connectivity index (χ0v) is 26.2. The Morgan fingerprint density at radius 2 is 1.56 bits per heavy atom. The molecule has 3 rings (SSSR count). The van der Waals surface area contributed by atoms with Crippen LogP contribution in [-0.2, 0) is 26.2 Å². The molecule has 41 heavy (non-hydrogen) atoms. The highest BCUT2D eigenvalue weighted by molar-refractivity contribution is 7.92. The van der Waals surface area contributed by atoms with Crippen molar-refractivity contribution in [2.45, 2.75) is 50.7 Å².